The number of rotatable bonds is 7. The highest BCUT2D eigenvalue weighted by Crippen LogP contribution is 2.16. The zero-order valence-electron chi connectivity index (χ0n) is 12.7. The van der Waals surface area contributed by atoms with E-state index in [2.05, 4.69) is 0 Å². The maximum absolute atomic E-state index is 13.6. The van der Waals surface area contributed by atoms with E-state index in [1.165, 1.54) is 24.3 Å². The Bertz CT molecular complexity index is 651. The monoisotopic (exact) mass is 325 g/mol. The minimum absolute atomic E-state index is 0.0683. The maximum Gasteiger partial charge on any atom is 0.165 e. The molecule has 1 unspecified atom stereocenters. The lowest BCUT2D eigenvalue weighted by molar-refractivity contribution is 0.0725. The fraction of sp³-hybridized carbons (Fsp3) is 0.294. The van der Waals surface area contributed by atoms with Gasteiger partial charge in [-0.2, -0.15) is 0 Å². The Labute approximate surface area is 132 Å². The lowest BCUT2D eigenvalue weighted by Gasteiger charge is -2.21. The normalized spacial score (nSPS) is 12.4. The number of halogens is 3. The molecule has 2 aromatic rings. The van der Waals surface area contributed by atoms with Crippen LogP contribution in [0.15, 0.2) is 42.5 Å². The molecule has 0 bridgehead atoms. The molecule has 0 radical (unpaired) electrons. The minimum Gasteiger partial charge on any atom is -0.488 e. The SMILES string of the molecule is CN(Cc1ccc(F)cc1F)CC(O)COc1ccccc1F. The van der Waals surface area contributed by atoms with Gasteiger partial charge in [-0.1, -0.05) is 18.2 Å². The molecule has 3 nitrogen and oxygen atoms in total. The van der Waals surface area contributed by atoms with E-state index in [1.54, 1.807) is 24.1 Å². The first-order chi connectivity index (χ1) is 11.0. The lowest BCUT2D eigenvalue weighted by atomic mass is 10.2. The van der Waals surface area contributed by atoms with Crippen LogP contribution >= 0.6 is 0 Å². The Hall–Kier alpha value is -2.05. The second-order valence-electron chi connectivity index (χ2n) is 5.33. The summed E-state index contributed by atoms with van der Waals surface area (Å²) in [4.78, 5) is 1.67. The molecule has 0 spiro atoms. The molecule has 0 saturated heterocycles. The number of hydrogen-bond donors (Lipinski definition) is 1. The van der Waals surface area contributed by atoms with Crippen LogP contribution < -0.4 is 4.74 Å². The molecule has 1 atom stereocenters. The van der Waals surface area contributed by atoms with Gasteiger partial charge in [0, 0.05) is 24.7 Å². The summed E-state index contributed by atoms with van der Waals surface area (Å²) in [6.07, 6.45) is -0.872. The zero-order valence-corrected chi connectivity index (χ0v) is 12.7. The summed E-state index contributed by atoms with van der Waals surface area (Å²) in [5.74, 6) is -1.69. The van der Waals surface area contributed by atoms with E-state index in [0.29, 0.717) is 5.56 Å². The molecule has 6 heteroatoms. The Morgan fingerprint density at radius 1 is 1.09 bits per heavy atom. The number of benzene rings is 2. The molecule has 124 valence electrons. The van der Waals surface area contributed by atoms with Crippen molar-refractivity contribution in [2.24, 2.45) is 0 Å². The fourth-order valence-electron chi connectivity index (χ4n) is 2.17. The number of aliphatic hydroxyl groups is 1. The first-order valence-corrected chi connectivity index (χ1v) is 7.13. The topological polar surface area (TPSA) is 32.7 Å². The van der Waals surface area contributed by atoms with Gasteiger partial charge in [0.05, 0.1) is 0 Å². The van der Waals surface area contributed by atoms with E-state index in [1.807, 2.05) is 0 Å². The van der Waals surface area contributed by atoms with Crippen molar-refractivity contribution in [3.05, 3.63) is 65.5 Å². The van der Waals surface area contributed by atoms with Crippen molar-refractivity contribution in [2.75, 3.05) is 20.2 Å². The van der Waals surface area contributed by atoms with E-state index in [-0.39, 0.29) is 25.4 Å². The van der Waals surface area contributed by atoms with Crippen molar-refractivity contribution < 1.29 is 23.0 Å². The van der Waals surface area contributed by atoms with Gasteiger partial charge in [0.2, 0.25) is 0 Å². The van der Waals surface area contributed by atoms with Crippen LogP contribution in [0.5, 0.6) is 5.75 Å². The Morgan fingerprint density at radius 3 is 2.52 bits per heavy atom. The molecule has 23 heavy (non-hydrogen) atoms. The average Bonchev–Trinajstić information content (AvgIpc) is 2.49. The van der Waals surface area contributed by atoms with E-state index in [9.17, 15) is 18.3 Å². The highest BCUT2D eigenvalue weighted by atomic mass is 19.1. The minimum atomic E-state index is -0.872. The van der Waals surface area contributed by atoms with Crippen molar-refractivity contribution in [3.63, 3.8) is 0 Å². The van der Waals surface area contributed by atoms with Gasteiger partial charge in [-0.15, -0.1) is 0 Å². The van der Waals surface area contributed by atoms with Crippen LogP contribution in [-0.4, -0.2) is 36.3 Å². The van der Waals surface area contributed by atoms with Crippen molar-refractivity contribution in [3.8, 4) is 5.75 Å². The molecule has 0 fully saturated rings. The van der Waals surface area contributed by atoms with Crippen LogP contribution in [0.3, 0.4) is 0 Å². The Kier molecular flexibility index (Phi) is 6.01. The summed E-state index contributed by atoms with van der Waals surface area (Å²) >= 11 is 0. The largest absolute Gasteiger partial charge is 0.488 e. The zero-order chi connectivity index (χ0) is 16.8. The standard InChI is InChI=1S/C17H18F3NO2/c1-21(9-12-6-7-13(18)8-16(12)20)10-14(22)11-23-17-5-3-2-4-15(17)19/h2-8,14,22H,9-11H2,1H3. The van der Waals surface area contributed by atoms with Crippen molar-refractivity contribution in [2.45, 2.75) is 12.6 Å². The number of ether oxygens (including phenoxy) is 1. The Balaban J connectivity index is 1.82. The number of likely N-dealkylation sites (N-methyl/N-ethyl adjacent to an activating group) is 1. The molecule has 0 aliphatic rings. The highest BCUT2D eigenvalue weighted by Gasteiger charge is 2.13. The first-order valence-electron chi connectivity index (χ1n) is 7.13. The summed E-state index contributed by atoms with van der Waals surface area (Å²) in [5, 5.41) is 9.92. The second-order valence-corrected chi connectivity index (χ2v) is 5.33. The van der Waals surface area contributed by atoms with Crippen LogP contribution in [-0.2, 0) is 6.54 Å². The molecule has 0 heterocycles. The number of nitrogens with zero attached hydrogens (tertiary/aromatic N) is 1. The summed E-state index contributed by atoms with van der Waals surface area (Å²) in [6, 6.07) is 9.29. The van der Waals surface area contributed by atoms with Gasteiger partial charge in [-0.3, -0.25) is 4.90 Å². The van der Waals surface area contributed by atoms with Gasteiger partial charge in [-0.25, -0.2) is 13.2 Å². The van der Waals surface area contributed by atoms with Crippen molar-refractivity contribution in [1.29, 1.82) is 0 Å². The summed E-state index contributed by atoms with van der Waals surface area (Å²) in [6.45, 7) is 0.325. The first kappa shape index (κ1) is 17.3. The smallest absolute Gasteiger partial charge is 0.165 e. The third-order valence-corrected chi connectivity index (χ3v) is 3.25. The molecule has 0 aliphatic heterocycles. The van der Waals surface area contributed by atoms with Crippen molar-refractivity contribution in [1.82, 2.24) is 4.90 Å². The van der Waals surface area contributed by atoms with Gasteiger partial charge < -0.3 is 9.84 Å². The molecular weight excluding hydrogens is 307 g/mol. The predicted molar refractivity (Wildman–Crippen MR) is 80.6 cm³/mol. The molecule has 2 aromatic carbocycles. The molecule has 2 rings (SSSR count). The molecule has 0 aliphatic carbocycles. The van der Waals surface area contributed by atoms with E-state index < -0.39 is 23.6 Å². The van der Waals surface area contributed by atoms with Crippen LogP contribution in [0, 0.1) is 17.5 Å². The van der Waals surface area contributed by atoms with Crippen LogP contribution in [0.2, 0.25) is 0 Å². The van der Waals surface area contributed by atoms with E-state index >= 15 is 0 Å². The van der Waals surface area contributed by atoms with Gasteiger partial charge in [-0.05, 0) is 25.2 Å². The van der Waals surface area contributed by atoms with E-state index in [0.717, 1.165) is 6.07 Å². The van der Waals surface area contributed by atoms with Crippen LogP contribution in [0.25, 0.3) is 0 Å². The van der Waals surface area contributed by atoms with Gasteiger partial charge in [0.15, 0.2) is 11.6 Å². The quantitative estimate of drug-likeness (QED) is 0.849. The van der Waals surface area contributed by atoms with E-state index in [4.69, 9.17) is 4.74 Å². The maximum atomic E-state index is 13.6. The highest BCUT2D eigenvalue weighted by molar-refractivity contribution is 5.23. The molecule has 1 N–H and O–H groups in total. The third kappa shape index (κ3) is 5.26. The number of aliphatic hydroxyl groups excluding tert-OH is 1. The summed E-state index contributed by atoms with van der Waals surface area (Å²) < 4.78 is 45.0. The molecule has 0 saturated carbocycles. The van der Waals surface area contributed by atoms with Gasteiger partial charge in [0.25, 0.3) is 0 Å². The van der Waals surface area contributed by atoms with Gasteiger partial charge in [0.1, 0.15) is 24.3 Å². The average molecular weight is 325 g/mol. The molecule has 0 amide bonds. The van der Waals surface area contributed by atoms with Crippen LogP contribution in [0.1, 0.15) is 5.56 Å². The third-order valence-electron chi connectivity index (χ3n) is 3.25. The molecule has 0 aromatic heterocycles. The predicted octanol–water partition coefficient (Wildman–Crippen LogP) is 2.98. The summed E-state index contributed by atoms with van der Waals surface area (Å²) in [7, 11) is 1.69. The van der Waals surface area contributed by atoms with Crippen molar-refractivity contribution >= 4 is 0 Å². The summed E-state index contributed by atoms with van der Waals surface area (Å²) in [5.41, 5.74) is 0.330. The fourth-order valence-corrected chi connectivity index (χ4v) is 2.17. The second kappa shape index (κ2) is 7.99. The number of para-hydroxylation sites is 1. The molecular formula is C17H18F3NO2. The van der Waals surface area contributed by atoms with Gasteiger partial charge >= 0.3 is 0 Å². The van der Waals surface area contributed by atoms with Crippen LogP contribution in [0.4, 0.5) is 13.2 Å². The number of hydrogen-bond acceptors (Lipinski definition) is 3. The Morgan fingerprint density at radius 2 is 1.83 bits per heavy atom. The lowest BCUT2D eigenvalue weighted by Crippen LogP contribution is -2.33.